The molecule has 0 saturated carbocycles. The van der Waals surface area contributed by atoms with Gasteiger partial charge < -0.3 is 16.4 Å². The maximum absolute atomic E-state index is 13.4. The van der Waals surface area contributed by atoms with E-state index in [1.807, 2.05) is 6.92 Å². The van der Waals surface area contributed by atoms with E-state index in [0.717, 1.165) is 6.42 Å². The Balaban J connectivity index is 2.52. The number of carbonyl (C=O) groups excluding carboxylic acids is 1. The monoisotopic (exact) mass is 253 g/mol. The van der Waals surface area contributed by atoms with Crippen molar-refractivity contribution < 1.29 is 9.18 Å². The lowest BCUT2D eigenvalue weighted by atomic mass is 10.1. The van der Waals surface area contributed by atoms with Gasteiger partial charge in [-0.05, 0) is 18.6 Å². The van der Waals surface area contributed by atoms with Crippen molar-refractivity contribution >= 4 is 11.6 Å². The van der Waals surface area contributed by atoms with Crippen LogP contribution in [0, 0.1) is 5.82 Å². The molecule has 0 aromatic heterocycles. The number of amides is 1. The van der Waals surface area contributed by atoms with Crippen molar-refractivity contribution in [2.24, 2.45) is 5.73 Å². The van der Waals surface area contributed by atoms with E-state index in [-0.39, 0.29) is 30.7 Å². The molecule has 1 unspecified atom stereocenters. The van der Waals surface area contributed by atoms with Gasteiger partial charge in [0.15, 0.2) is 0 Å². The lowest BCUT2D eigenvalue weighted by Crippen LogP contribution is -2.36. The number of nitrogens with one attached hydrogen (secondary N) is 2. The van der Waals surface area contributed by atoms with Gasteiger partial charge in [-0.3, -0.25) is 4.79 Å². The maximum atomic E-state index is 13.4. The summed E-state index contributed by atoms with van der Waals surface area (Å²) in [5, 5.41) is 5.71. The Morgan fingerprint density at radius 3 is 2.78 bits per heavy atom. The molecule has 0 spiro atoms. The van der Waals surface area contributed by atoms with Crippen molar-refractivity contribution in [1.82, 2.24) is 5.32 Å². The molecule has 4 N–H and O–H groups in total. The number of hydrogen-bond donors (Lipinski definition) is 3. The Hall–Kier alpha value is -1.62. The molecule has 0 aliphatic rings. The number of carbonyl (C=O) groups is 1. The van der Waals surface area contributed by atoms with E-state index in [1.54, 1.807) is 18.2 Å². The molecule has 0 bridgehead atoms. The molecule has 0 aliphatic carbocycles. The molecular weight excluding hydrogens is 233 g/mol. The quantitative estimate of drug-likeness (QED) is 0.689. The van der Waals surface area contributed by atoms with Gasteiger partial charge in [-0.15, -0.1) is 0 Å². The summed E-state index contributed by atoms with van der Waals surface area (Å²) in [4.78, 5) is 11.5. The number of para-hydroxylation sites is 1. The SMILES string of the molecule is CCCNC(=O)CC(CN)Nc1ccccc1F. The van der Waals surface area contributed by atoms with Gasteiger partial charge in [-0.2, -0.15) is 0 Å². The Labute approximate surface area is 107 Å². The molecule has 5 heteroatoms. The van der Waals surface area contributed by atoms with Gasteiger partial charge in [0.2, 0.25) is 5.91 Å². The minimum Gasteiger partial charge on any atom is -0.378 e. The first-order chi connectivity index (χ1) is 8.67. The van der Waals surface area contributed by atoms with Crippen molar-refractivity contribution in [2.75, 3.05) is 18.4 Å². The summed E-state index contributed by atoms with van der Waals surface area (Å²) in [6, 6.07) is 6.08. The van der Waals surface area contributed by atoms with E-state index in [1.165, 1.54) is 6.07 Å². The Morgan fingerprint density at radius 2 is 2.17 bits per heavy atom. The van der Waals surface area contributed by atoms with Crippen LogP contribution >= 0.6 is 0 Å². The van der Waals surface area contributed by atoms with Crippen LogP contribution in [0.15, 0.2) is 24.3 Å². The lowest BCUT2D eigenvalue weighted by molar-refractivity contribution is -0.121. The van der Waals surface area contributed by atoms with E-state index in [0.29, 0.717) is 12.2 Å². The first kappa shape index (κ1) is 14.4. The lowest BCUT2D eigenvalue weighted by Gasteiger charge is -2.18. The number of benzene rings is 1. The Bertz CT molecular complexity index is 384. The van der Waals surface area contributed by atoms with Crippen LogP contribution in [-0.4, -0.2) is 25.0 Å². The third kappa shape index (κ3) is 4.71. The maximum Gasteiger partial charge on any atom is 0.222 e. The van der Waals surface area contributed by atoms with Crippen LogP contribution < -0.4 is 16.4 Å². The van der Waals surface area contributed by atoms with Gasteiger partial charge in [0.05, 0.1) is 5.69 Å². The van der Waals surface area contributed by atoms with E-state index in [4.69, 9.17) is 5.73 Å². The number of rotatable bonds is 7. The zero-order chi connectivity index (χ0) is 13.4. The standard InChI is InChI=1S/C13H20FN3O/c1-2-7-16-13(18)8-10(9-15)17-12-6-4-3-5-11(12)14/h3-6,10,17H,2,7-9,15H2,1H3,(H,16,18). The third-order valence-corrected chi connectivity index (χ3v) is 2.52. The summed E-state index contributed by atoms with van der Waals surface area (Å²) in [5.41, 5.74) is 5.95. The molecule has 0 aliphatic heterocycles. The highest BCUT2D eigenvalue weighted by molar-refractivity contribution is 5.77. The average molecular weight is 253 g/mol. The van der Waals surface area contributed by atoms with Crippen LogP contribution in [0.5, 0.6) is 0 Å². The number of anilines is 1. The molecule has 0 heterocycles. The molecule has 1 rings (SSSR count). The second kappa shape index (κ2) is 7.66. The normalized spacial score (nSPS) is 11.9. The zero-order valence-electron chi connectivity index (χ0n) is 10.6. The number of hydrogen-bond acceptors (Lipinski definition) is 3. The topological polar surface area (TPSA) is 67.2 Å². The average Bonchev–Trinajstić information content (AvgIpc) is 2.38. The fraction of sp³-hybridized carbons (Fsp3) is 0.462. The van der Waals surface area contributed by atoms with Crippen molar-refractivity contribution in [3.63, 3.8) is 0 Å². The molecule has 4 nitrogen and oxygen atoms in total. The molecule has 18 heavy (non-hydrogen) atoms. The van der Waals surface area contributed by atoms with Crippen LogP contribution in [0.25, 0.3) is 0 Å². The van der Waals surface area contributed by atoms with Crippen molar-refractivity contribution in [3.05, 3.63) is 30.1 Å². The van der Waals surface area contributed by atoms with Crippen molar-refractivity contribution in [1.29, 1.82) is 0 Å². The summed E-state index contributed by atoms with van der Waals surface area (Å²) >= 11 is 0. The molecular formula is C13H20FN3O. The van der Waals surface area contributed by atoms with Gasteiger partial charge in [-0.25, -0.2) is 4.39 Å². The zero-order valence-corrected chi connectivity index (χ0v) is 10.6. The minimum atomic E-state index is -0.343. The molecule has 0 fully saturated rings. The first-order valence-electron chi connectivity index (χ1n) is 6.15. The van der Waals surface area contributed by atoms with Crippen LogP contribution in [-0.2, 0) is 4.79 Å². The smallest absolute Gasteiger partial charge is 0.222 e. The fourth-order valence-corrected chi connectivity index (χ4v) is 1.55. The Morgan fingerprint density at radius 1 is 1.44 bits per heavy atom. The molecule has 1 aromatic carbocycles. The van der Waals surface area contributed by atoms with E-state index >= 15 is 0 Å². The van der Waals surface area contributed by atoms with Crippen molar-refractivity contribution in [2.45, 2.75) is 25.8 Å². The molecule has 100 valence electrons. The summed E-state index contributed by atoms with van der Waals surface area (Å²) in [6.07, 6.45) is 1.13. The number of halogens is 1. The Kier molecular flexibility index (Phi) is 6.14. The highest BCUT2D eigenvalue weighted by atomic mass is 19.1. The second-order valence-corrected chi connectivity index (χ2v) is 4.11. The minimum absolute atomic E-state index is 0.0730. The molecule has 1 amide bonds. The predicted molar refractivity (Wildman–Crippen MR) is 70.8 cm³/mol. The van der Waals surface area contributed by atoms with Gasteiger partial charge in [0.1, 0.15) is 5.82 Å². The summed E-state index contributed by atoms with van der Waals surface area (Å²) in [5.74, 6) is -0.416. The highest BCUT2D eigenvalue weighted by Gasteiger charge is 2.13. The van der Waals surface area contributed by atoms with Crippen LogP contribution in [0.1, 0.15) is 19.8 Å². The van der Waals surface area contributed by atoms with Crippen LogP contribution in [0.3, 0.4) is 0 Å². The largest absolute Gasteiger partial charge is 0.378 e. The van der Waals surface area contributed by atoms with Crippen LogP contribution in [0.4, 0.5) is 10.1 Å². The van der Waals surface area contributed by atoms with Crippen LogP contribution in [0.2, 0.25) is 0 Å². The summed E-state index contributed by atoms with van der Waals surface area (Å²) in [7, 11) is 0. The van der Waals surface area contributed by atoms with Crippen molar-refractivity contribution in [3.8, 4) is 0 Å². The van der Waals surface area contributed by atoms with E-state index in [9.17, 15) is 9.18 Å². The fourth-order valence-electron chi connectivity index (χ4n) is 1.55. The summed E-state index contributed by atoms with van der Waals surface area (Å²) < 4.78 is 13.4. The molecule has 0 saturated heterocycles. The number of nitrogens with two attached hydrogens (primary N) is 1. The second-order valence-electron chi connectivity index (χ2n) is 4.11. The van der Waals surface area contributed by atoms with Gasteiger partial charge in [0.25, 0.3) is 0 Å². The summed E-state index contributed by atoms with van der Waals surface area (Å²) in [6.45, 7) is 2.90. The highest BCUT2D eigenvalue weighted by Crippen LogP contribution is 2.14. The predicted octanol–water partition coefficient (Wildman–Crippen LogP) is 1.48. The van der Waals surface area contributed by atoms with E-state index < -0.39 is 0 Å². The third-order valence-electron chi connectivity index (χ3n) is 2.52. The molecule has 1 aromatic rings. The van der Waals surface area contributed by atoms with Gasteiger partial charge in [-0.1, -0.05) is 19.1 Å². The molecule has 1 atom stereocenters. The van der Waals surface area contributed by atoms with Gasteiger partial charge >= 0.3 is 0 Å². The molecule has 0 radical (unpaired) electrons. The first-order valence-corrected chi connectivity index (χ1v) is 6.15. The van der Waals surface area contributed by atoms with E-state index in [2.05, 4.69) is 10.6 Å². The van der Waals surface area contributed by atoms with Gasteiger partial charge in [0, 0.05) is 25.6 Å².